The van der Waals surface area contributed by atoms with Gasteiger partial charge in [0.25, 0.3) is 5.91 Å². The van der Waals surface area contributed by atoms with Crippen molar-refractivity contribution in [2.24, 2.45) is 0 Å². The predicted octanol–water partition coefficient (Wildman–Crippen LogP) is 2.65. The molecule has 2 fully saturated rings. The Morgan fingerprint density at radius 1 is 1.03 bits per heavy atom. The molecule has 0 bridgehead atoms. The van der Waals surface area contributed by atoms with Crippen LogP contribution < -0.4 is 10.1 Å². The summed E-state index contributed by atoms with van der Waals surface area (Å²) in [5, 5.41) is 4.68. The number of imide groups is 1. The van der Waals surface area contributed by atoms with Gasteiger partial charge in [-0.3, -0.25) is 29.6 Å². The lowest BCUT2D eigenvalue weighted by molar-refractivity contribution is -0.136. The van der Waals surface area contributed by atoms with Gasteiger partial charge in [0.1, 0.15) is 17.9 Å². The zero-order valence-corrected chi connectivity index (χ0v) is 19.3. The highest BCUT2D eigenvalue weighted by Crippen LogP contribution is 2.31. The van der Waals surface area contributed by atoms with Crippen molar-refractivity contribution in [3.63, 3.8) is 0 Å². The van der Waals surface area contributed by atoms with Gasteiger partial charge in [-0.25, -0.2) is 0 Å². The number of benzene rings is 2. The first kappa shape index (κ1) is 21.7. The summed E-state index contributed by atoms with van der Waals surface area (Å²) >= 11 is 0. The molecule has 2 aromatic carbocycles. The molecule has 3 amide bonds. The van der Waals surface area contributed by atoms with Gasteiger partial charge in [0, 0.05) is 49.7 Å². The van der Waals surface area contributed by atoms with Gasteiger partial charge in [-0.15, -0.1) is 0 Å². The van der Waals surface area contributed by atoms with E-state index in [2.05, 4.69) is 33.4 Å². The Bertz CT molecular complexity index is 1340. The van der Waals surface area contributed by atoms with Crippen molar-refractivity contribution in [2.45, 2.75) is 44.5 Å². The number of hydrogen-bond donors (Lipinski definition) is 1. The monoisotopic (exact) mass is 470 g/mol. The topological polar surface area (TPSA) is 91.8 Å². The summed E-state index contributed by atoms with van der Waals surface area (Å²) < 4.78 is 6.27. The van der Waals surface area contributed by atoms with E-state index in [1.54, 1.807) is 11.0 Å². The highest BCUT2D eigenvalue weighted by molar-refractivity contribution is 6.05. The zero-order valence-electron chi connectivity index (χ0n) is 19.3. The van der Waals surface area contributed by atoms with Crippen LogP contribution in [0.5, 0.6) is 5.75 Å². The Balaban J connectivity index is 1.08. The fraction of sp³-hybridized carbons (Fsp3) is 0.333. The van der Waals surface area contributed by atoms with E-state index in [0.29, 0.717) is 18.5 Å². The van der Waals surface area contributed by atoms with Crippen molar-refractivity contribution < 1.29 is 19.1 Å². The molecule has 35 heavy (non-hydrogen) atoms. The number of amides is 3. The average Bonchev–Trinajstić information content (AvgIpc) is 3.42. The number of ether oxygens (including phenoxy) is 1. The number of carbonyl (C=O) groups is 3. The minimum absolute atomic E-state index is 0.0665. The number of aromatic nitrogens is 1. The highest BCUT2D eigenvalue weighted by Gasteiger charge is 2.39. The smallest absolute Gasteiger partial charge is 0.255 e. The Hall–Kier alpha value is -3.78. The maximum Gasteiger partial charge on any atom is 0.255 e. The molecule has 8 heteroatoms. The molecule has 0 radical (unpaired) electrons. The third-order valence-corrected chi connectivity index (χ3v) is 7.10. The summed E-state index contributed by atoms with van der Waals surface area (Å²) in [7, 11) is 0. The molecule has 1 unspecified atom stereocenters. The van der Waals surface area contributed by atoms with Crippen LogP contribution in [-0.4, -0.2) is 57.7 Å². The molecule has 0 saturated carbocycles. The first-order valence-corrected chi connectivity index (χ1v) is 12.0. The van der Waals surface area contributed by atoms with Gasteiger partial charge in [-0.2, -0.15) is 0 Å². The van der Waals surface area contributed by atoms with Crippen LogP contribution in [0.3, 0.4) is 0 Å². The third kappa shape index (κ3) is 4.25. The molecule has 0 spiro atoms. The van der Waals surface area contributed by atoms with Gasteiger partial charge in [0.05, 0.1) is 5.69 Å². The summed E-state index contributed by atoms with van der Waals surface area (Å²) in [6.45, 7) is 2.88. The largest absolute Gasteiger partial charge is 0.489 e. The number of hydrogen-bond acceptors (Lipinski definition) is 6. The molecule has 6 rings (SSSR count). The number of rotatable bonds is 5. The molecule has 4 heterocycles. The summed E-state index contributed by atoms with van der Waals surface area (Å²) in [5.41, 5.74) is 2.50. The molecule has 8 nitrogen and oxygen atoms in total. The molecule has 3 aliphatic rings. The van der Waals surface area contributed by atoms with Gasteiger partial charge < -0.3 is 9.64 Å². The van der Waals surface area contributed by atoms with E-state index >= 15 is 0 Å². The number of piperidine rings is 1. The lowest BCUT2D eigenvalue weighted by Crippen LogP contribution is -2.52. The third-order valence-electron chi connectivity index (χ3n) is 7.10. The van der Waals surface area contributed by atoms with Crippen molar-refractivity contribution >= 4 is 28.5 Å². The molecule has 1 aromatic heterocycles. The number of fused-ring (bicyclic) bond motifs is 2. The summed E-state index contributed by atoms with van der Waals surface area (Å²) in [5.74, 6) is -0.118. The quantitative estimate of drug-likeness (QED) is 0.577. The molecule has 2 saturated heterocycles. The number of likely N-dealkylation sites (tertiary alicyclic amines) is 1. The fourth-order valence-electron chi connectivity index (χ4n) is 5.30. The molecular formula is C27H26N4O4. The number of nitrogens with one attached hydrogen (secondary N) is 1. The molecular weight excluding hydrogens is 444 g/mol. The lowest BCUT2D eigenvalue weighted by atomic mass is 10.0. The van der Waals surface area contributed by atoms with Crippen LogP contribution in [0, 0.1) is 0 Å². The molecule has 2 atom stereocenters. The highest BCUT2D eigenvalue weighted by atomic mass is 16.5. The van der Waals surface area contributed by atoms with Crippen molar-refractivity contribution in [2.75, 3.05) is 13.1 Å². The summed E-state index contributed by atoms with van der Waals surface area (Å²) in [6, 6.07) is 15.3. The van der Waals surface area contributed by atoms with Crippen LogP contribution in [0.15, 0.2) is 54.7 Å². The van der Waals surface area contributed by atoms with E-state index in [0.717, 1.165) is 48.4 Å². The first-order valence-electron chi connectivity index (χ1n) is 12.0. The van der Waals surface area contributed by atoms with Crippen LogP contribution in [0.1, 0.15) is 40.9 Å². The Kier molecular flexibility index (Phi) is 5.45. The second-order valence-electron chi connectivity index (χ2n) is 9.51. The maximum absolute atomic E-state index is 12.9. The predicted molar refractivity (Wildman–Crippen MR) is 129 cm³/mol. The van der Waals surface area contributed by atoms with E-state index in [4.69, 9.17) is 4.74 Å². The Labute approximate surface area is 202 Å². The average molecular weight is 471 g/mol. The van der Waals surface area contributed by atoms with E-state index in [1.165, 1.54) is 5.39 Å². The van der Waals surface area contributed by atoms with Crippen LogP contribution in [-0.2, 0) is 22.7 Å². The minimum Gasteiger partial charge on any atom is -0.489 e. The minimum atomic E-state index is -0.607. The number of carbonyl (C=O) groups excluding carboxylic acids is 3. The van der Waals surface area contributed by atoms with Gasteiger partial charge in [-0.1, -0.05) is 24.3 Å². The Morgan fingerprint density at radius 2 is 1.89 bits per heavy atom. The second-order valence-corrected chi connectivity index (χ2v) is 9.51. The van der Waals surface area contributed by atoms with Crippen LogP contribution in [0.25, 0.3) is 10.8 Å². The second kappa shape index (κ2) is 8.78. The van der Waals surface area contributed by atoms with Crippen LogP contribution in [0.4, 0.5) is 0 Å². The van der Waals surface area contributed by atoms with Crippen molar-refractivity contribution in [1.29, 1.82) is 0 Å². The van der Waals surface area contributed by atoms with Crippen molar-refractivity contribution in [1.82, 2.24) is 20.1 Å². The number of pyridine rings is 1. The van der Waals surface area contributed by atoms with Crippen LogP contribution in [0.2, 0.25) is 0 Å². The maximum atomic E-state index is 12.9. The number of nitrogens with zero attached hydrogens (tertiary/aromatic N) is 3. The van der Waals surface area contributed by atoms with E-state index in [9.17, 15) is 14.4 Å². The van der Waals surface area contributed by atoms with Crippen molar-refractivity contribution in [3.8, 4) is 5.75 Å². The first-order chi connectivity index (χ1) is 17.0. The van der Waals surface area contributed by atoms with E-state index in [1.807, 2.05) is 30.5 Å². The fourth-order valence-corrected chi connectivity index (χ4v) is 5.30. The molecule has 3 aromatic rings. The SMILES string of the molecule is O=C1CCC(N2Cc3cc(O[C@H]4CCN(Cc5cc6ccccc6cn5)C4)ccc3C2=O)C(=O)N1. The standard InChI is InChI=1S/C27H26N4O4/c32-25-8-7-24(26(33)29-25)31-14-19-12-21(5-6-23(19)27(31)34)35-22-9-10-30(16-22)15-20-11-17-3-1-2-4-18(17)13-28-20/h1-6,11-13,22,24H,7-10,14-16H2,(H,29,32,33)/t22-,24?/m0/s1. The van der Waals surface area contributed by atoms with Crippen molar-refractivity contribution in [3.05, 3.63) is 71.5 Å². The lowest BCUT2D eigenvalue weighted by Gasteiger charge is -2.29. The van der Waals surface area contributed by atoms with E-state index < -0.39 is 11.9 Å². The Morgan fingerprint density at radius 3 is 2.74 bits per heavy atom. The summed E-state index contributed by atoms with van der Waals surface area (Å²) in [6.07, 6.45) is 3.53. The molecule has 178 valence electrons. The van der Waals surface area contributed by atoms with Crippen LogP contribution >= 0.6 is 0 Å². The van der Waals surface area contributed by atoms with E-state index in [-0.39, 0.29) is 24.3 Å². The van der Waals surface area contributed by atoms with Gasteiger partial charge in [0.15, 0.2) is 0 Å². The normalized spacial score (nSPS) is 22.5. The van der Waals surface area contributed by atoms with Gasteiger partial charge in [-0.05, 0) is 48.1 Å². The van der Waals surface area contributed by atoms with Gasteiger partial charge >= 0.3 is 0 Å². The molecule has 0 aliphatic carbocycles. The molecule has 1 N–H and O–H groups in total. The van der Waals surface area contributed by atoms with Gasteiger partial charge in [0.2, 0.25) is 11.8 Å². The molecule has 3 aliphatic heterocycles. The summed E-state index contributed by atoms with van der Waals surface area (Å²) in [4.78, 5) is 45.1. The zero-order chi connectivity index (χ0) is 23.9.